The van der Waals surface area contributed by atoms with Crippen molar-refractivity contribution in [2.24, 2.45) is 0 Å². The number of carbonyl (C=O) groups excluding carboxylic acids is 1. The number of ether oxygens (including phenoxy) is 1. The molecule has 0 aliphatic heterocycles. The minimum absolute atomic E-state index is 0.158. The Hall–Kier alpha value is -2.44. The first-order chi connectivity index (χ1) is 8.72. The highest BCUT2D eigenvalue weighted by Crippen LogP contribution is 2.12. The summed E-state index contributed by atoms with van der Waals surface area (Å²) in [6.07, 6.45) is 6.39. The third-order valence-electron chi connectivity index (χ3n) is 2.26. The van der Waals surface area contributed by atoms with E-state index < -0.39 is 5.97 Å². The van der Waals surface area contributed by atoms with Gasteiger partial charge in [0.2, 0.25) is 0 Å². The van der Waals surface area contributed by atoms with Gasteiger partial charge in [0.15, 0.2) is 5.69 Å². The summed E-state index contributed by atoms with van der Waals surface area (Å²) in [5, 5.41) is 7.13. The first-order valence-corrected chi connectivity index (χ1v) is 5.42. The SMILES string of the molecule is CCn1cc(Nc2cncc(C(=O)OC)n2)cn1. The van der Waals surface area contributed by atoms with Gasteiger partial charge in [-0.15, -0.1) is 0 Å². The third kappa shape index (κ3) is 2.62. The molecule has 0 aliphatic carbocycles. The second kappa shape index (κ2) is 5.26. The van der Waals surface area contributed by atoms with Crippen LogP contribution in [0.2, 0.25) is 0 Å². The Kier molecular flexibility index (Phi) is 3.52. The molecule has 2 rings (SSSR count). The Morgan fingerprint density at radius 3 is 2.94 bits per heavy atom. The van der Waals surface area contributed by atoms with Crippen molar-refractivity contribution in [1.82, 2.24) is 19.7 Å². The lowest BCUT2D eigenvalue weighted by molar-refractivity contribution is 0.0593. The summed E-state index contributed by atoms with van der Waals surface area (Å²) < 4.78 is 6.36. The molecule has 2 heterocycles. The monoisotopic (exact) mass is 247 g/mol. The number of nitrogens with one attached hydrogen (secondary N) is 1. The molecule has 7 heteroatoms. The van der Waals surface area contributed by atoms with Gasteiger partial charge in [0, 0.05) is 12.7 Å². The predicted molar refractivity (Wildman–Crippen MR) is 64.6 cm³/mol. The molecule has 94 valence electrons. The molecule has 0 fully saturated rings. The van der Waals surface area contributed by atoms with Crippen LogP contribution in [0.3, 0.4) is 0 Å². The first-order valence-electron chi connectivity index (χ1n) is 5.42. The molecular formula is C11H13N5O2. The van der Waals surface area contributed by atoms with E-state index in [4.69, 9.17) is 0 Å². The fraction of sp³-hybridized carbons (Fsp3) is 0.273. The molecule has 0 unspecified atom stereocenters. The van der Waals surface area contributed by atoms with Gasteiger partial charge in [-0.1, -0.05) is 0 Å². The van der Waals surface area contributed by atoms with E-state index in [-0.39, 0.29) is 5.69 Å². The number of hydrogen-bond acceptors (Lipinski definition) is 6. The van der Waals surface area contributed by atoms with E-state index in [0.29, 0.717) is 5.82 Å². The van der Waals surface area contributed by atoms with Crippen molar-refractivity contribution in [1.29, 1.82) is 0 Å². The molecule has 2 aromatic rings. The Balaban J connectivity index is 2.16. The van der Waals surface area contributed by atoms with E-state index in [1.165, 1.54) is 19.5 Å². The van der Waals surface area contributed by atoms with Crippen LogP contribution in [0.15, 0.2) is 24.8 Å². The summed E-state index contributed by atoms with van der Waals surface area (Å²) in [5.41, 5.74) is 0.943. The molecule has 0 aromatic carbocycles. The molecule has 0 aliphatic rings. The molecule has 2 aromatic heterocycles. The third-order valence-corrected chi connectivity index (χ3v) is 2.26. The van der Waals surface area contributed by atoms with Gasteiger partial charge in [0.05, 0.1) is 31.4 Å². The van der Waals surface area contributed by atoms with Gasteiger partial charge < -0.3 is 10.1 Å². The van der Waals surface area contributed by atoms with Gasteiger partial charge in [-0.25, -0.2) is 9.78 Å². The average Bonchev–Trinajstić information content (AvgIpc) is 2.86. The van der Waals surface area contributed by atoms with E-state index in [2.05, 4.69) is 25.1 Å². The van der Waals surface area contributed by atoms with Crippen LogP contribution in [0.1, 0.15) is 17.4 Å². The maximum absolute atomic E-state index is 11.3. The van der Waals surface area contributed by atoms with Gasteiger partial charge >= 0.3 is 5.97 Å². The summed E-state index contributed by atoms with van der Waals surface area (Å²) in [6, 6.07) is 0. The van der Waals surface area contributed by atoms with E-state index >= 15 is 0 Å². The lowest BCUT2D eigenvalue weighted by Crippen LogP contribution is -2.06. The van der Waals surface area contributed by atoms with Crippen molar-refractivity contribution in [3.63, 3.8) is 0 Å². The minimum atomic E-state index is -0.518. The van der Waals surface area contributed by atoms with Crippen molar-refractivity contribution in [3.8, 4) is 0 Å². The highest BCUT2D eigenvalue weighted by Gasteiger charge is 2.08. The summed E-state index contributed by atoms with van der Waals surface area (Å²) >= 11 is 0. The van der Waals surface area contributed by atoms with Crippen LogP contribution in [0.5, 0.6) is 0 Å². The maximum atomic E-state index is 11.3. The molecule has 18 heavy (non-hydrogen) atoms. The molecule has 0 bridgehead atoms. The lowest BCUT2D eigenvalue weighted by atomic mass is 10.4. The molecule has 0 spiro atoms. The summed E-state index contributed by atoms with van der Waals surface area (Å²) in [7, 11) is 1.30. The van der Waals surface area contributed by atoms with Crippen LogP contribution in [0.25, 0.3) is 0 Å². The van der Waals surface area contributed by atoms with Crippen LogP contribution in [0.4, 0.5) is 11.5 Å². The number of carbonyl (C=O) groups is 1. The quantitative estimate of drug-likeness (QED) is 0.818. The Bertz CT molecular complexity index is 552. The van der Waals surface area contributed by atoms with Crippen molar-refractivity contribution >= 4 is 17.5 Å². The van der Waals surface area contributed by atoms with E-state index in [1.54, 1.807) is 10.9 Å². The fourth-order valence-corrected chi connectivity index (χ4v) is 1.38. The number of hydrogen-bond donors (Lipinski definition) is 1. The molecule has 0 saturated carbocycles. The molecule has 0 radical (unpaired) electrons. The summed E-state index contributed by atoms with van der Waals surface area (Å²) in [4.78, 5) is 19.3. The van der Waals surface area contributed by atoms with Gasteiger partial charge in [0.1, 0.15) is 5.82 Å². The number of aryl methyl sites for hydroxylation is 1. The van der Waals surface area contributed by atoms with Crippen LogP contribution >= 0.6 is 0 Å². The zero-order valence-electron chi connectivity index (χ0n) is 10.1. The van der Waals surface area contributed by atoms with E-state index in [1.807, 2.05) is 13.1 Å². The molecular weight excluding hydrogens is 234 g/mol. The average molecular weight is 247 g/mol. The van der Waals surface area contributed by atoms with Crippen LogP contribution in [-0.2, 0) is 11.3 Å². The van der Waals surface area contributed by atoms with Gasteiger partial charge in [0.25, 0.3) is 0 Å². The molecule has 0 saturated heterocycles. The molecule has 0 atom stereocenters. The number of anilines is 2. The Morgan fingerprint density at radius 2 is 2.28 bits per heavy atom. The summed E-state index contributed by atoms with van der Waals surface area (Å²) in [5.74, 6) is -0.0519. The van der Waals surface area contributed by atoms with Crippen molar-refractivity contribution in [2.75, 3.05) is 12.4 Å². The topological polar surface area (TPSA) is 81.9 Å². The zero-order valence-corrected chi connectivity index (χ0v) is 10.1. The standard InChI is InChI=1S/C11H13N5O2/c1-3-16-7-8(4-13-16)14-10-6-12-5-9(15-10)11(17)18-2/h4-7H,3H2,1-2H3,(H,14,15). The second-order valence-electron chi connectivity index (χ2n) is 3.49. The fourth-order valence-electron chi connectivity index (χ4n) is 1.38. The number of rotatable bonds is 4. The van der Waals surface area contributed by atoms with Crippen LogP contribution in [0, 0.1) is 0 Å². The van der Waals surface area contributed by atoms with Crippen molar-refractivity contribution in [2.45, 2.75) is 13.5 Å². The van der Waals surface area contributed by atoms with Crippen molar-refractivity contribution < 1.29 is 9.53 Å². The van der Waals surface area contributed by atoms with Gasteiger partial charge in [-0.05, 0) is 6.92 Å². The highest BCUT2D eigenvalue weighted by atomic mass is 16.5. The maximum Gasteiger partial charge on any atom is 0.358 e. The minimum Gasteiger partial charge on any atom is -0.464 e. The predicted octanol–water partition coefficient (Wildman–Crippen LogP) is 1.22. The summed E-state index contributed by atoms with van der Waals surface area (Å²) in [6.45, 7) is 2.78. The number of nitrogens with zero attached hydrogens (tertiary/aromatic N) is 4. The first kappa shape index (κ1) is 12.0. The largest absolute Gasteiger partial charge is 0.464 e. The molecule has 1 N–H and O–H groups in total. The van der Waals surface area contributed by atoms with Crippen LogP contribution < -0.4 is 5.32 Å². The number of aromatic nitrogens is 4. The number of methoxy groups -OCH3 is 1. The zero-order chi connectivity index (χ0) is 13.0. The lowest BCUT2D eigenvalue weighted by Gasteiger charge is -2.03. The van der Waals surface area contributed by atoms with E-state index in [9.17, 15) is 4.79 Å². The van der Waals surface area contributed by atoms with Gasteiger partial charge in [-0.2, -0.15) is 5.10 Å². The Morgan fingerprint density at radius 1 is 1.44 bits per heavy atom. The van der Waals surface area contributed by atoms with Crippen molar-refractivity contribution in [3.05, 3.63) is 30.5 Å². The second-order valence-corrected chi connectivity index (χ2v) is 3.49. The molecule has 0 amide bonds. The van der Waals surface area contributed by atoms with Crippen LogP contribution in [-0.4, -0.2) is 32.8 Å². The van der Waals surface area contributed by atoms with E-state index in [0.717, 1.165) is 12.2 Å². The smallest absolute Gasteiger partial charge is 0.358 e. The normalized spacial score (nSPS) is 10.1. The Labute approximate surface area is 104 Å². The van der Waals surface area contributed by atoms with Gasteiger partial charge in [-0.3, -0.25) is 9.67 Å². The molecule has 7 nitrogen and oxygen atoms in total. The number of esters is 1. The highest BCUT2D eigenvalue weighted by molar-refractivity contribution is 5.87.